The van der Waals surface area contributed by atoms with Crippen LogP contribution in [-0.4, -0.2) is 73.3 Å². The maximum atomic E-state index is 14.3. The molecule has 2 aromatic carbocycles. The van der Waals surface area contributed by atoms with Crippen LogP contribution >= 0.6 is 0 Å². The molecule has 6 rings (SSSR count). The van der Waals surface area contributed by atoms with Crippen LogP contribution < -0.4 is 14.8 Å². The summed E-state index contributed by atoms with van der Waals surface area (Å²) in [5, 5.41) is 4.14. The molecule has 3 saturated heterocycles. The van der Waals surface area contributed by atoms with Gasteiger partial charge in [-0.3, -0.25) is 0 Å². The molecule has 1 N–H and O–H groups in total. The molecule has 0 amide bonds. The van der Waals surface area contributed by atoms with E-state index < -0.39 is 11.9 Å². The van der Waals surface area contributed by atoms with Crippen LogP contribution in [0, 0.1) is 12.7 Å². The Kier molecular flexibility index (Phi) is 6.70. The molecule has 4 atom stereocenters. The van der Waals surface area contributed by atoms with Crippen LogP contribution in [0.25, 0.3) is 10.9 Å². The maximum Gasteiger partial charge on any atom is 0.151 e. The van der Waals surface area contributed by atoms with Gasteiger partial charge in [-0.2, -0.15) is 0 Å². The highest BCUT2D eigenvalue weighted by molar-refractivity contribution is 7.88. The summed E-state index contributed by atoms with van der Waals surface area (Å²) in [6.45, 7) is 2.73. The van der Waals surface area contributed by atoms with Crippen molar-refractivity contribution in [2.24, 2.45) is 4.36 Å². The highest BCUT2D eigenvalue weighted by Crippen LogP contribution is 2.41. The first-order chi connectivity index (χ1) is 18.1. The Morgan fingerprint density at radius 1 is 1.08 bits per heavy atom. The van der Waals surface area contributed by atoms with E-state index in [1.54, 1.807) is 20.3 Å². The number of aromatic nitrogens is 2. The van der Waals surface area contributed by atoms with Gasteiger partial charge in [-0.15, -0.1) is 0 Å². The summed E-state index contributed by atoms with van der Waals surface area (Å²) < 4.78 is 48.4. The van der Waals surface area contributed by atoms with Gasteiger partial charge in [0.1, 0.15) is 53.5 Å². The second-order valence-corrected chi connectivity index (χ2v) is 11.2. The van der Waals surface area contributed by atoms with Gasteiger partial charge in [0.25, 0.3) is 0 Å². The van der Waals surface area contributed by atoms with Gasteiger partial charge >= 0.3 is 0 Å². The third-order valence-corrected chi connectivity index (χ3v) is 9.00. The monoisotopic (exact) mass is 528 g/mol. The van der Waals surface area contributed by atoms with Gasteiger partial charge in [-0.25, -0.2) is 18.7 Å². The van der Waals surface area contributed by atoms with Gasteiger partial charge in [0.2, 0.25) is 0 Å². The van der Waals surface area contributed by atoms with E-state index in [-0.39, 0.29) is 29.0 Å². The number of hydrogen-bond acceptors (Lipinski definition) is 9. The second-order valence-electron chi connectivity index (χ2n) is 9.28. The Hall–Kier alpha value is -2.86. The molecule has 11 heteroatoms. The number of hydrogen-bond donors (Lipinski definition) is 1. The fourth-order valence-electron chi connectivity index (χ4n) is 5.02. The predicted molar refractivity (Wildman–Crippen MR) is 139 cm³/mol. The molecule has 0 spiro atoms. The lowest BCUT2D eigenvalue weighted by atomic mass is 10.1. The van der Waals surface area contributed by atoms with E-state index in [1.165, 1.54) is 24.9 Å². The van der Waals surface area contributed by atoms with Crippen LogP contribution in [0.4, 0.5) is 21.6 Å². The Balaban J connectivity index is 1.33. The molecule has 1 aromatic heterocycles. The van der Waals surface area contributed by atoms with Crippen molar-refractivity contribution in [2.75, 3.05) is 44.3 Å². The number of nitrogens with one attached hydrogen (secondary N) is 1. The maximum absolute atomic E-state index is 14.3. The molecule has 37 heavy (non-hydrogen) atoms. The number of anilines is 2. The lowest BCUT2D eigenvalue weighted by molar-refractivity contribution is -0.0138. The van der Waals surface area contributed by atoms with E-state index in [0.29, 0.717) is 36.2 Å². The molecule has 4 heterocycles. The SMILES string of the molecule is COc1c(N=S2CCC2)cc2ncnc(Nc3ccc(F)cc3O[C@@H]3CO[C@@H]4C(OC)COC43)c2c1C. The molecule has 3 aliphatic heterocycles. The van der Waals surface area contributed by atoms with Gasteiger partial charge in [-0.05, 0) is 31.5 Å². The van der Waals surface area contributed by atoms with Crippen molar-refractivity contribution >= 4 is 38.8 Å². The molecular weight excluding hydrogens is 499 g/mol. The molecule has 3 aliphatic rings. The molecule has 0 bridgehead atoms. The van der Waals surface area contributed by atoms with Gasteiger partial charge < -0.3 is 29.0 Å². The summed E-state index contributed by atoms with van der Waals surface area (Å²) in [5.74, 6) is 3.44. The normalized spacial score (nSPS) is 25.1. The number of benzene rings is 2. The standard InChI is InChI=1S/C26H29FN4O5S/c1-14-22-17(10-18(23(14)33-3)31-37-7-4-8-37)28-13-29-26(22)30-16-6-5-15(27)9-19(16)36-21-12-35-24-20(32-2)11-34-25(21)24/h5-6,9-10,13,20-21,24-25H,4,7-8,11-12H2,1-3H3,(H,28,29,30)/t20?,21-,24-,25?/m1/s1. The van der Waals surface area contributed by atoms with E-state index in [2.05, 4.69) is 15.3 Å². The highest BCUT2D eigenvalue weighted by Gasteiger charge is 2.49. The molecule has 0 aliphatic carbocycles. The fraction of sp³-hybridized carbons (Fsp3) is 0.462. The summed E-state index contributed by atoms with van der Waals surface area (Å²) >= 11 is 0. The van der Waals surface area contributed by atoms with Crippen LogP contribution in [0.1, 0.15) is 12.0 Å². The number of methoxy groups -OCH3 is 2. The minimum Gasteiger partial charge on any atom is -0.494 e. The van der Waals surface area contributed by atoms with Crippen molar-refractivity contribution < 1.29 is 28.1 Å². The van der Waals surface area contributed by atoms with Gasteiger partial charge in [0.05, 0.1) is 31.5 Å². The molecular formula is C26H29FN4O5S. The van der Waals surface area contributed by atoms with Crippen molar-refractivity contribution in [2.45, 2.75) is 37.8 Å². The van der Waals surface area contributed by atoms with Crippen LogP contribution in [-0.2, 0) is 24.9 Å². The van der Waals surface area contributed by atoms with Crippen LogP contribution in [0.5, 0.6) is 11.5 Å². The van der Waals surface area contributed by atoms with Crippen molar-refractivity contribution in [3.63, 3.8) is 0 Å². The Morgan fingerprint density at radius 2 is 1.86 bits per heavy atom. The van der Waals surface area contributed by atoms with E-state index >= 15 is 0 Å². The van der Waals surface area contributed by atoms with E-state index in [4.69, 9.17) is 28.0 Å². The summed E-state index contributed by atoms with van der Waals surface area (Å²) in [7, 11) is 3.33. The zero-order valence-electron chi connectivity index (χ0n) is 20.9. The number of nitrogens with zero attached hydrogens (tertiary/aromatic N) is 3. The Bertz CT molecular complexity index is 1370. The molecule has 3 fully saturated rings. The van der Waals surface area contributed by atoms with Crippen molar-refractivity contribution in [3.05, 3.63) is 42.0 Å². The first-order valence-corrected chi connectivity index (χ1v) is 13.8. The fourth-order valence-corrected chi connectivity index (χ4v) is 6.17. The zero-order valence-corrected chi connectivity index (χ0v) is 21.7. The average Bonchev–Trinajstić information content (AvgIpc) is 3.46. The average molecular weight is 529 g/mol. The molecule has 3 aromatic rings. The molecule has 9 nitrogen and oxygen atoms in total. The van der Waals surface area contributed by atoms with Crippen molar-refractivity contribution in [3.8, 4) is 11.5 Å². The second kappa shape index (κ2) is 10.1. The molecule has 0 radical (unpaired) electrons. The molecule has 196 valence electrons. The minimum atomic E-state index is -0.411. The van der Waals surface area contributed by atoms with Crippen molar-refractivity contribution in [1.82, 2.24) is 9.97 Å². The van der Waals surface area contributed by atoms with Crippen molar-refractivity contribution in [1.29, 1.82) is 0 Å². The number of halogens is 1. The van der Waals surface area contributed by atoms with E-state index in [1.807, 2.05) is 13.0 Å². The Morgan fingerprint density at radius 3 is 2.59 bits per heavy atom. The quantitative estimate of drug-likeness (QED) is 0.487. The van der Waals surface area contributed by atoms with Gasteiger partial charge in [-0.1, -0.05) is 10.7 Å². The smallest absolute Gasteiger partial charge is 0.151 e. The lowest BCUT2D eigenvalue weighted by Gasteiger charge is -2.21. The highest BCUT2D eigenvalue weighted by atomic mass is 32.2. The number of rotatable bonds is 7. The van der Waals surface area contributed by atoms with Crippen LogP contribution in [0.15, 0.2) is 35.0 Å². The third-order valence-electron chi connectivity index (χ3n) is 7.03. The molecule has 2 unspecified atom stereocenters. The first-order valence-electron chi connectivity index (χ1n) is 12.3. The third kappa shape index (κ3) is 4.54. The zero-order chi connectivity index (χ0) is 25.5. The molecule has 0 saturated carbocycles. The summed E-state index contributed by atoms with van der Waals surface area (Å²) in [6, 6.07) is 6.31. The van der Waals surface area contributed by atoms with Gasteiger partial charge in [0, 0.05) is 35.6 Å². The summed E-state index contributed by atoms with van der Waals surface area (Å²) in [6.07, 6.45) is 1.69. The Labute approximate surface area is 216 Å². The number of aryl methyl sites for hydroxylation is 1. The minimum absolute atomic E-state index is 0.0452. The predicted octanol–water partition coefficient (Wildman–Crippen LogP) is 4.23. The number of fused-ring (bicyclic) bond motifs is 2. The lowest BCUT2D eigenvalue weighted by Crippen LogP contribution is -2.35. The summed E-state index contributed by atoms with van der Waals surface area (Å²) in [4.78, 5) is 9.01. The van der Waals surface area contributed by atoms with Crippen LogP contribution in [0.2, 0.25) is 0 Å². The van der Waals surface area contributed by atoms with Crippen LogP contribution in [0.3, 0.4) is 0 Å². The van der Waals surface area contributed by atoms with E-state index in [9.17, 15) is 4.39 Å². The van der Waals surface area contributed by atoms with Gasteiger partial charge in [0.15, 0.2) is 6.10 Å². The number of ether oxygens (including phenoxy) is 5. The first kappa shape index (κ1) is 24.5. The van der Waals surface area contributed by atoms with E-state index in [0.717, 1.165) is 33.7 Å². The summed E-state index contributed by atoms with van der Waals surface area (Å²) in [5.41, 5.74) is 3.01. The largest absolute Gasteiger partial charge is 0.494 e. The topological polar surface area (TPSA) is 96.3 Å².